The summed E-state index contributed by atoms with van der Waals surface area (Å²) in [6.07, 6.45) is 1.58. The first-order valence-corrected chi connectivity index (χ1v) is 7.05. The number of nitrogens with zero attached hydrogens (tertiary/aromatic N) is 1. The lowest BCUT2D eigenvalue weighted by atomic mass is 10.1. The zero-order chi connectivity index (χ0) is 14.8. The van der Waals surface area contributed by atoms with Crippen molar-refractivity contribution < 1.29 is 14.3 Å². The molecule has 1 N–H and O–H groups in total. The normalized spacial score (nSPS) is 12.6. The summed E-state index contributed by atoms with van der Waals surface area (Å²) in [5, 5.41) is 2.85. The van der Waals surface area contributed by atoms with Crippen LogP contribution in [0.4, 0.5) is 0 Å². The molecule has 0 aromatic rings. The molecule has 0 bridgehead atoms. The fourth-order valence-corrected chi connectivity index (χ4v) is 1.74. The van der Waals surface area contributed by atoms with Crippen molar-refractivity contribution in [2.24, 2.45) is 5.92 Å². The van der Waals surface area contributed by atoms with Gasteiger partial charge in [-0.25, -0.2) is 0 Å². The summed E-state index contributed by atoms with van der Waals surface area (Å²) in [4.78, 5) is 25.3. The largest absolute Gasteiger partial charge is 0.465 e. The fraction of sp³-hybridized carbons (Fsp3) is 0.857. The van der Waals surface area contributed by atoms with Gasteiger partial charge in [0, 0.05) is 6.54 Å². The molecule has 1 amide bonds. The number of carbonyl (C=O) groups is 2. The number of hydrogen-bond acceptors (Lipinski definition) is 4. The molecule has 0 spiro atoms. The van der Waals surface area contributed by atoms with E-state index in [9.17, 15) is 9.59 Å². The SMILES string of the molecule is CCCC(C(=O)OCC)N(C)CC(=O)NCC(C)C. The summed E-state index contributed by atoms with van der Waals surface area (Å²) in [7, 11) is 1.78. The molecule has 0 aromatic carbocycles. The molecule has 0 aliphatic carbocycles. The molecule has 0 saturated carbocycles. The minimum absolute atomic E-state index is 0.0541. The van der Waals surface area contributed by atoms with Crippen LogP contribution in [0.25, 0.3) is 0 Å². The van der Waals surface area contributed by atoms with Crippen LogP contribution < -0.4 is 5.32 Å². The second-order valence-corrected chi connectivity index (χ2v) is 5.17. The second-order valence-electron chi connectivity index (χ2n) is 5.17. The Kier molecular flexibility index (Phi) is 9.21. The van der Waals surface area contributed by atoms with Gasteiger partial charge in [-0.2, -0.15) is 0 Å². The van der Waals surface area contributed by atoms with E-state index in [1.54, 1.807) is 18.9 Å². The Bertz CT molecular complexity index is 280. The summed E-state index contributed by atoms with van der Waals surface area (Å²) >= 11 is 0. The van der Waals surface area contributed by atoms with E-state index in [0.29, 0.717) is 25.5 Å². The maximum atomic E-state index is 11.8. The predicted octanol–water partition coefficient (Wildman–Crippen LogP) is 1.42. The molecule has 0 saturated heterocycles. The van der Waals surface area contributed by atoms with Gasteiger partial charge in [0.2, 0.25) is 5.91 Å². The Hall–Kier alpha value is -1.10. The van der Waals surface area contributed by atoms with Gasteiger partial charge < -0.3 is 10.1 Å². The molecular formula is C14H28N2O3. The molecule has 1 atom stereocenters. The summed E-state index contributed by atoms with van der Waals surface area (Å²) in [5.74, 6) is 0.121. The number of amides is 1. The highest BCUT2D eigenvalue weighted by Crippen LogP contribution is 2.07. The van der Waals surface area contributed by atoms with Crippen molar-refractivity contribution in [3.8, 4) is 0 Å². The highest BCUT2D eigenvalue weighted by atomic mass is 16.5. The summed E-state index contributed by atoms with van der Waals surface area (Å²) < 4.78 is 5.05. The maximum Gasteiger partial charge on any atom is 0.323 e. The Morgan fingerprint density at radius 1 is 1.26 bits per heavy atom. The number of ether oxygens (including phenoxy) is 1. The second kappa shape index (κ2) is 9.78. The topological polar surface area (TPSA) is 58.6 Å². The third-order valence-corrected chi connectivity index (χ3v) is 2.75. The van der Waals surface area contributed by atoms with Crippen molar-refractivity contribution >= 4 is 11.9 Å². The molecule has 0 fully saturated rings. The summed E-state index contributed by atoms with van der Waals surface area (Å²) in [5.41, 5.74) is 0. The van der Waals surface area contributed by atoms with Gasteiger partial charge in [0.1, 0.15) is 6.04 Å². The predicted molar refractivity (Wildman–Crippen MR) is 75.8 cm³/mol. The van der Waals surface area contributed by atoms with Crippen molar-refractivity contribution in [2.45, 2.75) is 46.6 Å². The average Bonchev–Trinajstić information content (AvgIpc) is 2.33. The van der Waals surface area contributed by atoms with E-state index in [1.165, 1.54) is 0 Å². The van der Waals surface area contributed by atoms with Crippen LogP contribution >= 0.6 is 0 Å². The minimum atomic E-state index is -0.338. The number of esters is 1. The lowest BCUT2D eigenvalue weighted by molar-refractivity contribution is -0.149. The Morgan fingerprint density at radius 2 is 1.89 bits per heavy atom. The van der Waals surface area contributed by atoms with Crippen LogP contribution in [0, 0.1) is 5.92 Å². The molecule has 19 heavy (non-hydrogen) atoms. The highest BCUT2D eigenvalue weighted by molar-refractivity contribution is 5.80. The van der Waals surface area contributed by atoms with Gasteiger partial charge in [0.05, 0.1) is 13.2 Å². The van der Waals surface area contributed by atoms with Crippen LogP contribution in [-0.4, -0.2) is 49.6 Å². The Morgan fingerprint density at radius 3 is 2.37 bits per heavy atom. The van der Waals surface area contributed by atoms with Crippen LogP contribution in [0.2, 0.25) is 0 Å². The molecule has 0 heterocycles. The van der Waals surface area contributed by atoms with E-state index in [4.69, 9.17) is 4.74 Å². The van der Waals surface area contributed by atoms with E-state index in [1.807, 2.05) is 20.8 Å². The van der Waals surface area contributed by atoms with Crippen LogP contribution in [-0.2, 0) is 14.3 Å². The molecule has 0 aliphatic heterocycles. The van der Waals surface area contributed by atoms with Crippen molar-refractivity contribution in [3.63, 3.8) is 0 Å². The van der Waals surface area contributed by atoms with Crippen LogP contribution in [0.3, 0.4) is 0 Å². The molecule has 5 nitrogen and oxygen atoms in total. The first-order chi connectivity index (χ1) is 8.92. The lowest BCUT2D eigenvalue weighted by Crippen LogP contribution is -2.45. The van der Waals surface area contributed by atoms with Gasteiger partial charge in [-0.05, 0) is 26.3 Å². The molecule has 1 unspecified atom stereocenters. The Balaban J connectivity index is 4.34. The van der Waals surface area contributed by atoms with Gasteiger partial charge in [0.25, 0.3) is 0 Å². The third-order valence-electron chi connectivity index (χ3n) is 2.75. The molecular weight excluding hydrogens is 244 g/mol. The van der Waals surface area contributed by atoms with Crippen molar-refractivity contribution in [3.05, 3.63) is 0 Å². The van der Waals surface area contributed by atoms with Gasteiger partial charge in [-0.15, -0.1) is 0 Å². The summed E-state index contributed by atoms with van der Waals surface area (Å²) in [6.45, 7) is 9.13. The fourth-order valence-electron chi connectivity index (χ4n) is 1.74. The van der Waals surface area contributed by atoms with Gasteiger partial charge >= 0.3 is 5.97 Å². The maximum absolute atomic E-state index is 11.8. The van der Waals surface area contributed by atoms with Crippen LogP contribution in [0.5, 0.6) is 0 Å². The molecule has 0 aromatic heterocycles. The first-order valence-electron chi connectivity index (χ1n) is 7.05. The lowest BCUT2D eigenvalue weighted by Gasteiger charge is -2.25. The smallest absolute Gasteiger partial charge is 0.323 e. The molecule has 5 heteroatoms. The zero-order valence-corrected chi connectivity index (χ0v) is 12.9. The van der Waals surface area contributed by atoms with Crippen LogP contribution in [0.15, 0.2) is 0 Å². The third kappa shape index (κ3) is 7.82. The van der Waals surface area contributed by atoms with Crippen LogP contribution in [0.1, 0.15) is 40.5 Å². The number of hydrogen-bond donors (Lipinski definition) is 1. The molecule has 0 aliphatic rings. The van der Waals surface area contributed by atoms with Gasteiger partial charge in [-0.1, -0.05) is 27.2 Å². The summed E-state index contributed by atoms with van der Waals surface area (Å²) in [6, 6.07) is -0.338. The standard InChI is InChI=1S/C14H28N2O3/c1-6-8-12(14(18)19-7-2)16(5)10-13(17)15-9-11(3)4/h11-12H,6-10H2,1-5H3,(H,15,17). The number of carbonyl (C=O) groups excluding carboxylic acids is 2. The van der Waals surface area contributed by atoms with Crippen molar-refractivity contribution in [1.82, 2.24) is 10.2 Å². The van der Waals surface area contributed by atoms with Gasteiger partial charge in [0.15, 0.2) is 0 Å². The molecule has 112 valence electrons. The van der Waals surface area contributed by atoms with E-state index < -0.39 is 0 Å². The number of likely N-dealkylation sites (N-methyl/N-ethyl adjacent to an activating group) is 1. The first kappa shape index (κ1) is 17.9. The number of nitrogens with one attached hydrogen (secondary N) is 1. The highest BCUT2D eigenvalue weighted by Gasteiger charge is 2.24. The quantitative estimate of drug-likeness (QED) is 0.645. The zero-order valence-electron chi connectivity index (χ0n) is 12.9. The van der Waals surface area contributed by atoms with E-state index >= 15 is 0 Å². The monoisotopic (exact) mass is 272 g/mol. The Labute approximate surface area is 116 Å². The van der Waals surface area contributed by atoms with Gasteiger partial charge in [-0.3, -0.25) is 14.5 Å². The van der Waals surface area contributed by atoms with Crippen molar-refractivity contribution in [1.29, 1.82) is 0 Å². The van der Waals surface area contributed by atoms with E-state index in [2.05, 4.69) is 5.32 Å². The van der Waals surface area contributed by atoms with Crippen molar-refractivity contribution in [2.75, 3.05) is 26.7 Å². The van der Waals surface area contributed by atoms with E-state index in [-0.39, 0.29) is 24.5 Å². The minimum Gasteiger partial charge on any atom is -0.465 e. The number of rotatable bonds is 9. The molecule has 0 radical (unpaired) electrons. The average molecular weight is 272 g/mol. The van der Waals surface area contributed by atoms with E-state index in [0.717, 1.165) is 6.42 Å². The molecule has 0 rings (SSSR count).